The Labute approximate surface area is 91.1 Å². The molecule has 0 aromatic carbocycles. The van der Waals surface area contributed by atoms with E-state index in [9.17, 15) is 0 Å². The molecule has 0 atom stereocenters. The predicted octanol–water partition coefficient (Wildman–Crippen LogP) is 0.167. The summed E-state index contributed by atoms with van der Waals surface area (Å²) in [6.07, 6.45) is 3.49. The third-order valence-electron chi connectivity index (χ3n) is 1.39. The average Bonchev–Trinajstić information content (AvgIpc) is 2.03. The molecule has 0 unspecified atom stereocenters. The van der Waals surface area contributed by atoms with E-state index in [-0.39, 0.29) is 37.1 Å². The van der Waals surface area contributed by atoms with Gasteiger partial charge >= 0.3 is 0 Å². The minimum Gasteiger partial charge on any atom is -0.396 e. The molecule has 72 valence electrons. The van der Waals surface area contributed by atoms with Crippen molar-refractivity contribution in [3.8, 4) is 0 Å². The summed E-state index contributed by atoms with van der Waals surface area (Å²) in [7, 11) is 0. The maximum absolute atomic E-state index is 8.42. The fourth-order valence-electron chi connectivity index (χ4n) is 0.734. The van der Waals surface area contributed by atoms with Gasteiger partial charge in [0.05, 0.1) is 0 Å². The van der Waals surface area contributed by atoms with Crippen LogP contribution in [-0.2, 0) is 4.74 Å². The van der Waals surface area contributed by atoms with Crippen molar-refractivity contribution in [1.29, 1.82) is 0 Å². The van der Waals surface area contributed by atoms with Gasteiger partial charge in [-0.05, 0) is 25.7 Å². The van der Waals surface area contributed by atoms with Gasteiger partial charge in [-0.1, -0.05) is 0 Å². The first-order valence-corrected chi connectivity index (χ1v) is 4.21. The first-order valence-electron chi connectivity index (χ1n) is 4.21. The summed E-state index contributed by atoms with van der Waals surface area (Å²) in [5, 5.41) is 16.8. The summed E-state index contributed by atoms with van der Waals surface area (Å²) in [5.74, 6) is 0. The van der Waals surface area contributed by atoms with E-state index in [0.29, 0.717) is 0 Å². The molecule has 0 spiro atoms. The minimum atomic E-state index is 0. The number of rotatable bonds is 8. The first-order chi connectivity index (χ1) is 5.41. The molecule has 0 aromatic rings. The Morgan fingerprint density at radius 1 is 0.750 bits per heavy atom. The summed E-state index contributed by atoms with van der Waals surface area (Å²) >= 11 is 0. The van der Waals surface area contributed by atoms with Crippen LogP contribution in [0.3, 0.4) is 0 Å². The number of ether oxygens (including phenoxy) is 1. The Morgan fingerprint density at radius 2 is 1.17 bits per heavy atom. The summed E-state index contributed by atoms with van der Waals surface area (Å²) in [4.78, 5) is 0. The van der Waals surface area contributed by atoms with E-state index in [2.05, 4.69) is 0 Å². The molecule has 4 heteroatoms. The van der Waals surface area contributed by atoms with Crippen LogP contribution in [0.2, 0.25) is 0 Å². The molecule has 0 rings (SSSR count). The zero-order chi connectivity index (χ0) is 8.36. The molecule has 3 nitrogen and oxygen atoms in total. The van der Waals surface area contributed by atoms with Gasteiger partial charge in [-0.25, -0.2) is 0 Å². The van der Waals surface area contributed by atoms with Crippen molar-refractivity contribution in [2.75, 3.05) is 26.4 Å². The smallest absolute Gasteiger partial charge is 0.0466 e. The Kier molecular flexibility index (Phi) is 18.0. The van der Waals surface area contributed by atoms with Crippen molar-refractivity contribution in [3.63, 3.8) is 0 Å². The Bertz CT molecular complexity index is 63.3. The second kappa shape index (κ2) is 14.2. The molecule has 0 aromatic heterocycles. The van der Waals surface area contributed by atoms with E-state index in [4.69, 9.17) is 14.9 Å². The van der Waals surface area contributed by atoms with Gasteiger partial charge < -0.3 is 14.9 Å². The van der Waals surface area contributed by atoms with Gasteiger partial charge in [0.1, 0.15) is 0 Å². The van der Waals surface area contributed by atoms with Crippen LogP contribution in [0.5, 0.6) is 0 Å². The van der Waals surface area contributed by atoms with Crippen LogP contribution >= 0.6 is 0 Å². The standard InChI is InChI=1S/C8H18O3.Sn/c9-5-1-3-7-11-8-4-2-6-10;/h9-10H,1-8H2;. The van der Waals surface area contributed by atoms with Crippen molar-refractivity contribution in [2.45, 2.75) is 25.7 Å². The van der Waals surface area contributed by atoms with Gasteiger partial charge in [-0.3, -0.25) is 0 Å². The van der Waals surface area contributed by atoms with Crippen molar-refractivity contribution < 1.29 is 14.9 Å². The average molecular weight is 281 g/mol. The normalized spacial score (nSPS) is 9.50. The summed E-state index contributed by atoms with van der Waals surface area (Å²) in [5.41, 5.74) is 0. The molecule has 0 aliphatic heterocycles. The number of unbranched alkanes of at least 4 members (excludes halogenated alkanes) is 2. The Balaban J connectivity index is 0. The van der Waals surface area contributed by atoms with Crippen LogP contribution in [0.1, 0.15) is 25.7 Å². The molecule has 12 heavy (non-hydrogen) atoms. The van der Waals surface area contributed by atoms with Gasteiger partial charge in [0.2, 0.25) is 0 Å². The van der Waals surface area contributed by atoms with Crippen molar-refractivity contribution in [3.05, 3.63) is 0 Å². The van der Waals surface area contributed by atoms with E-state index >= 15 is 0 Å². The van der Waals surface area contributed by atoms with E-state index in [1.54, 1.807) is 0 Å². The van der Waals surface area contributed by atoms with Crippen LogP contribution in [0.4, 0.5) is 0 Å². The van der Waals surface area contributed by atoms with Gasteiger partial charge in [0.15, 0.2) is 0 Å². The molecular formula is C8H18O3Sn. The minimum absolute atomic E-state index is 0. The second-order valence-electron chi connectivity index (χ2n) is 2.47. The monoisotopic (exact) mass is 282 g/mol. The van der Waals surface area contributed by atoms with Crippen LogP contribution in [0.15, 0.2) is 0 Å². The molecule has 0 saturated heterocycles. The van der Waals surface area contributed by atoms with E-state index in [1.807, 2.05) is 0 Å². The number of hydrogen-bond acceptors (Lipinski definition) is 3. The number of aliphatic hydroxyl groups excluding tert-OH is 2. The molecule has 4 radical (unpaired) electrons. The summed E-state index contributed by atoms with van der Waals surface area (Å²) in [6, 6.07) is 0. The van der Waals surface area contributed by atoms with Gasteiger partial charge in [0, 0.05) is 50.3 Å². The Morgan fingerprint density at radius 3 is 1.50 bits per heavy atom. The second-order valence-corrected chi connectivity index (χ2v) is 2.47. The molecule has 2 N–H and O–H groups in total. The third kappa shape index (κ3) is 13.3. The number of hydrogen-bond donors (Lipinski definition) is 2. The molecular weight excluding hydrogens is 263 g/mol. The van der Waals surface area contributed by atoms with E-state index < -0.39 is 0 Å². The van der Waals surface area contributed by atoms with E-state index in [1.165, 1.54) is 0 Å². The molecule has 0 amide bonds. The largest absolute Gasteiger partial charge is 0.396 e. The molecule has 0 saturated carbocycles. The molecule has 0 bridgehead atoms. The fraction of sp³-hybridized carbons (Fsp3) is 1.00. The SMILES string of the molecule is OCCCCOCCCCO.[Sn]. The fourth-order valence-corrected chi connectivity index (χ4v) is 0.734. The van der Waals surface area contributed by atoms with E-state index in [0.717, 1.165) is 38.9 Å². The Hall–Kier alpha value is 0.679. The predicted molar refractivity (Wildman–Crippen MR) is 49.2 cm³/mol. The van der Waals surface area contributed by atoms with Gasteiger partial charge in [-0.15, -0.1) is 0 Å². The summed E-state index contributed by atoms with van der Waals surface area (Å²) < 4.78 is 5.22. The van der Waals surface area contributed by atoms with Crippen LogP contribution in [-0.4, -0.2) is 60.5 Å². The molecule has 0 fully saturated rings. The third-order valence-corrected chi connectivity index (χ3v) is 1.39. The molecule has 0 heterocycles. The van der Waals surface area contributed by atoms with Crippen LogP contribution < -0.4 is 0 Å². The maximum atomic E-state index is 8.42. The van der Waals surface area contributed by atoms with Crippen molar-refractivity contribution >= 4 is 23.9 Å². The molecule has 0 aliphatic rings. The first kappa shape index (κ1) is 15.2. The molecule has 0 aliphatic carbocycles. The zero-order valence-electron chi connectivity index (χ0n) is 7.46. The summed E-state index contributed by atoms with van der Waals surface area (Å²) in [6.45, 7) is 1.96. The maximum Gasteiger partial charge on any atom is 0.0466 e. The van der Waals surface area contributed by atoms with Crippen LogP contribution in [0.25, 0.3) is 0 Å². The van der Waals surface area contributed by atoms with Crippen molar-refractivity contribution in [1.82, 2.24) is 0 Å². The van der Waals surface area contributed by atoms with Crippen molar-refractivity contribution in [2.24, 2.45) is 0 Å². The zero-order valence-corrected chi connectivity index (χ0v) is 10.3. The van der Waals surface area contributed by atoms with Gasteiger partial charge in [-0.2, -0.15) is 0 Å². The topological polar surface area (TPSA) is 49.7 Å². The quantitative estimate of drug-likeness (QED) is 0.492. The van der Waals surface area contributed by atoms with Gasteiger partial charge in [0.25, 0.3) is 0 Å². The number of aliphatic hydroxyl groups is 2. The van der Waals surface area contributed by atoms with Crippen LogP contribution in [0, 0.1) is 0 Å².